The Morgan fingerprint density at radius 3 is 2.84 bits per heavy atom. The standard InChI is InChI=1S/C12H16BrN3O3/c1-15-6-8(13)5-10(15)11(17)14-9-3-4-16(7-9)12(18)19-2/h5-6,9H,3-4,7H2,1-2H3,(H,14,17). The first-order chi connectivity index (χ1) is 9.01. The van der Waals surface area contributed by atoms with Crippen LogP contribution in [0.25, 0.3) is 0 Å². The molecule has 1 N–H and O–H groups in total. The fourth-order valence-electron chi connectivity index (χ4n) is 2.18. The molecule has 0 saturated carbocycles. The number of carbonyl (C=O) groups is 2. The third-order valence-corrected chi connectivity index (χ3v) is 3.59. The van der Waals surface area contributed by atoms with Crippen LogP contribution in [0.15, 0.2) is 16.7 Å². The van der Waals surface area contributed by atoms with Crippen LogP contribution in [0.4, 0.5) is 4.79 Å². The van der Waals surface area contributed by atoms with Gasteiger partial charge in [0.2, 0.25) is 0 Å². The SMILES string of the molecule is COC(=O)N1CCC(NC(=O)c2cc(Br)cn2C)C1. The summed E-state index contributed by atoms with van der Waals surface area (Å²) in [6.45, 7) is 1.10. The van der Waals surface area contributed by atoms with E-state index in [-0.39, 0.29) is 18.0 Å². The number of halogens is 1. The second-order valence-corrected chi connectivity index (χ2v) is 5.45. The van der Waals surface area contributed by atoms with E-state index in [9.17, 15) is 9.59 Å². The van der Waals surface area contributed by atoms with Crippen molar-refractivity contribution in [2.45, 2.75) is 12.5 Å². The lowest BCUT2D eigenvalue weighted by Crippen LogP contribution is -2.39. The fourth-order valence-corrected chi connectivity index (χ4v) is 2.71. The summed E-state index contributed by atoms with van der Waals surface area (Å²) in [5, 5.41) is 2.93. The van der Waals surface area contributed by atoms with Crippen molar-refractivity contribution in [3.63, 3.8) is 0 Å². The second-order valence-electron chi connectivity index (χ2n) is 4.53. The molecule has 0 radical (unpaired) electrons. The first-order valence-corrected chi connectivity index (χ1v) is 6.76. The second kappa shape index (κ2) is 5.64. The van der Waals surface area contributed by atoms with E-state index in [4.69, 9.17) is 0 Å². The zero-order chi connectivity index (χ0) is 14.0. The Kier molecular flexibility index (Phi) is 4.14. The van der Waals surface area contributed by atoms with Crippen LogP contribution in [-0.4, -0.2) is 47.7 Å². The molecule has 0 aromatic carbocycles. The normalized spacial score (nSPS) is 18.5. The predicted molar refractivity (Wildman–Crippen MR) is 73.0 cm³/mol. The van der Waals surface area contributed by atoms with Crippen LogP contribution >= 0.6 is 15.9 Å². The van der Waals surface area contributed by atoms with Gasteiger partial charge in [0, 0.05) is 36.8 Å². The number of methoxy groups -OCH3 is 1. The number of amides is 2. The van der Waals surface area contributed by atoms with E-state index in [2.05, 4.69) is 26.0 Å². The summed E-state index contributed by atoms with van der Waals surface area (Å²) < 4.78 is 7.28. The molecule has 1 saturated heterocycles. The zero-order valence-corrected chi connectivity index (χ0v) is 12.4. The lowest BCUT2D eigenvalue weighted by Gasteiger charge is -2.15. The molecule has 0 bridgehead atoms. The molecule has 0 spiro atoms. The minimum atomic E-state index is -0.349. The van der Waals surface area contributed by atoms with Crippen LogP contribution in [0, 0.1) is 0 Å². The summed E-state index contributed by atoms with van der Waals surface area (Å²) in [4.78, 5) is 25.0. The lowest BCUT2D eigenvalue weighted by atomic mass is 10.2. The molecule has 104 valence electrons. The summed E-state index contributed by atoms with van der Waals surface area (Å²) in [5.41, 5.74) is 0.586. The summed E-state index contributed by atoms with van der Waals surface area (Å²) in [7, 11) is 3.17. The Morgan fingerprint density at radius 2 is 2.26 bits per heavy atom. The van der Waals surface area contributed by atoms with Crippen molar-refractivity contribution >= 4 is 27.9 Å². The molecule has 1 aromatic heterocycles. The highest BCUT2D eigenvalue weighted by molar-refractivity contribution is 9.10. The molecule has 1 aromatic rings. The van der Waals surface area contributed by atoms with Crippen molar-refractivity contribution in [1.82, 2.24) is 14.8 Å². The number of aromatic nitrogens is 1. The number of carbonyl (C=O) groups excluding carboxylic acids is 2. The van der Waals surface area contributed by atoms with E-state index in [0.29, 0.717) is 18.8 Å². The smallest absolute Gasteiger partial charge is 0.409 e. The Labute approximate surface area is 119 Å². The van der Waals surface area contributed by atoms with Crippen molar-refractivity contribution in [1.29, 1.82) is 0 Å². The maximum Gasteiger partial charge on any atom is 0.409 e. The molecule has 2 heterocycles. The summed E-state index contributed by atoms with van der Waals surface area (Å²) in [5.74, 6) is -0.134. The third-order valence-electron chi connectivity index (χ3n) is 3.16. The molecular weight excluding hydrogens is 314 g/mol. The zero-order valence-electron chi connectivity index (χ0n) is 10.9. The molecule has 1 aliphatic heterocycles. The molecule has 6 nitrogen and oxygen atoms in total. The Balaban J connectivity index is 1.94. The van der Waals surface area contributed by atoms with Crippen molar-refractivity contribution in [2.75, 3.05) is 20.2 Å². The third kappa shape index (κ3) is 3.09. The number of ether oxygens (including phenoxy) is 1. The Bertz CT molecular complexity index is 500. The Morgan fingerprint density at radius 1 is 1.53 bits per heavy atom. The first-order valence-electron chi connectivity index (χ1n) is 5.97. The molecule has 1 aliphatic rings. The van der Waals surface area contributed by atoms with E-state index in [0.717, 1.165) is 10.9 Å². The maximum atomic E-state index is 12.1. The highest BCUT2D eigenvalue weighted by atomic mass is 79.9. The lowest BCUT2D eigenvalue weighted by molar-refractivity contribution is 0.0926. The quantitative estimate of drug-likeness (QED) is 0.891. The average Bonchev–Trinajstić information content (AvgIpc) is 2.95. The van der Waals surface area contributed by atoms with Crippen LogP contribution in [0.2, 0.25) is 0 Å². The minimum absolute atomic E-state index is 0.0275. The number of hydrogen-bond acceptors (Lipinski definition) is 3. The van der Waals surface area contributed by atoms with E-state index in [1.807, 2.05) is 13.2 Å². The van der Waals surface area contributed by atoms with Crippen molar-refractivity contribution in [2.24, 2.45) is 7.05 Å². The summed E-state index contributed by atoms with van der Waals surface area (Å²) in [6, 6.07) is 1.74. The van der Waals surface area contributed by atoms with Gasteiger partial charge in [-0.3, -0.25) is 4.79 Å². The van der Waals surface area contributed by atoms with Crippen molar-refractivity contribution in [3.05, 3.63) is 22.4 Å². The van der Waals surface area contributed by atoms with Crippen LogP contribution in [0.5, 0.6) is 0 Å². The monoisotopic (exact) mass is 329 g/mol. The predicted octanol–water partition coefficient (Wildman–Crippen LogP) is 1.36. The topological polar surface area (TPSA) is 63.6 Å². The van der Waals surface area contributed by atoms with Crippen LogP contribution in [0.1, 0.15) is 16.9 Å². The van der Waals surface area contributed by atoms with Gasteiger partial charge < -0.3 is 19.5 Å². The maximum absolute atomic E-state index is 12.1. The van der Waals surface area contributed by atoms with Gasteiger partial charge in [0.05, 0.1) is 7.11 Å². The molecule has 2 rings (SSSR count). The number of hydrogen-bond donors (Lipinski definition) is 1. The Hall–Kier alpha value is -1.50. The number of nitrogens with one attached hydrogen (secondary N) is 1. The number of rotatable bonds is 2. The van der Waals surface area contributed by atoms with Gasteiger partial charge in [-0.1, -0.05) is 0 Å². The van der Waals surface area contributed by atoms with E-state index < -0.39 is 0 Å². The van der Waals surface area contributed by atoms with Gasteiger partial charge >= 0.3 is 6.09 Å². The number of aryl methyl sites for hydroxylation is 1. The first kappa shape index (κ1) is 13.9. The molecule has 19 heavy (non-hydrogen) atoms. The van der Waals surface area contributed by atoms with Crippen molar-refractivity contribution < 1.29 is 14.3 Å². The minimum Gasteiger partial charge on any atom is -0.453 e. The molecule has 1 atom stereocenters. The number of nitrogens with zero attached hydrogens (tertiary/aromatic N) is 2. The van der Waals surface area contributed by atoms with Crippen LogP contribution in [-0.2, 0) is 11.8 Å². The molecule has 7 heteroatoms. The fraction of sp³-hybridized carbons (Fsp3) is 0.500. The largest absolute Gasteiger partial charge is 0.453 e. The van der Waals surface area contributed by atoms with Gasteiger partial charge in [-0.05, 0) is 28.4 Å². The van der Waals surface area contributed by atoms with Gasteiger partial charge in [-0.2, -0.15) is 0 Å². The highest BCUT2D eigenvalue weighted by Gasteiger charge is 2.28. The molecule has 1 fully saturated rings. The molecule has 2 amide bonds. The van der Waals surface area contributed by atoms with Gasteiger partial charge in [-0.25, -0.2) is 4.79 Å². The molecule has 0 aliphatic carbocycles. The van der Waals surface area contributed by atoms with E-state index >= 15 is 0 Å². The summed E-state index contributed by atoms with van der Waals surface area (Å²) in [6.07, 6.45) is 2.22. The van der Waals surface area contributed by atoms with E-state index in [1.165, 1.54) is 7.11 Å². The number of likely N-dealkylation sites (tertiary alicyclic amines) is 1. The van der Waals surface area contributed by atoms with Gasteiger partial charge in [-0.15, -0.1) is 0 Å². The summed E-state index contributed by atoms with van der Waals surface area (Å²) >= 11 is 3.33. The van der Waals surface area contributed by atoms with Crippen LogP contribution < -0.4 is 5.32 Å². The van der Waals surface area contributed by atoms with Crippen LogP contribution in [0.3, 0.4) is 0 Å². The molecule has 1 unspecified atom stereocenters. The van der Waals surface area contributed by atoms with E-state index in [1.54, 1.807) is 15.5 Å². The van der Waals surface area contributed by atoms with Crippen molar-refractivity contribution in [3.8, 4) is 0 Å². The van der Waals surface area contributed by atoms with Gasteiger partial charge in [0.25, 0.3) is 5.91 Å². The van der Waals surface area contributed by atoms with Gasteiger partial charge in [0.1, 0.15) is 5.69 Å². The highest BCUT2D eigenvalue weighted by Crippen LogP contribution is 2.15. The molecular formula is C12H16BrN3O3. The van der Waals surface area contributed by atoms with Gasteiger partial charge in [0.15, 0.2) is 0 Å². The average molecular weight is 330 g/mol.